The Morgan fingerprint density at radius 3 is 2.74 bits per heavy atom. The van der Waals surface area contributed by atoms with Gasteiger partial charge in [0.15, 0.2) is 11.5 Å². The van der Waals surface area contributed by atoms with Crippen LogP contribution in [-0.4, -0.2) is 26.2 Å². The maximum Gasteiger partial charge on any atom is 0.248 e. The summed E-state index contributed by atoms with van der Waals surface area (Å²) in [6.07, 6.45) is 3.20. The fourth-order valence-corrected chi connectivity index (χ4v) is 2.26. The summed E-state index contributed by atoms with van der Waals surface area (Å²) in [6.45, 7) is 1.10. The zero-order chi connectivity index (χ0) is 16.1. The molecule has 2 aromatic carbocycles. The van der Waals surface area contributed by atoms with Gasteiger partial charge in [-0.25, -0.2) is 0 Å². The number of ether oxygens (including phenoxy) is 3. The lowest BCUT2D eigenvalue weighted by Gasteiger charge is -2.18. The summed E-state index contributed by atoms with van der Waals surface area (Å²) in [5.41, 5.74) is 1.50. The minimum Gasteiger partial charge on any atom is -0.495 e. The molecule has 0 atom stereocenters. The van der Waals surface area contributed by atoms with Crippen LogP contribution in [-0.2, 0) is 4.79 Å². The summed E-state index contributed by atoms with van der Waals surface area (Å²) in [4.78, 5) is 12.0. The van der Waals surface area contributed by atoms with Crippen molar-refractivity contribution in [3.8, 4) is 17.2 Å². The highest BCUT2D eigenvalue weighted by Gasteiger charge is 2.11. The molecule has 0 aliphatic carbocycles. The molecule has 0 spiro atoms. The van der Waals surface area contributed by atoms with Crippen LogP contribution < -0.4 is 19.5 Å². The Hall–Kier alpha value is -2.95. The average Bonchev–Trinajstić information content (AvgIpc) is 2.60. The van der Waals surface area contributed by atoms with E-state index in [9.17, 15) is 4.79 Å². The van der Waals surface area contributed by atoms with Crippen molar-refractivity contribution in [3.63, 3.8) is 0 Å². The molecule has 1 N–H and O–H groups in total. The van der Waals surface area contributed by atoms with Crippen molar-refractivity contribution in [3.05, 3.63) is 54.1 Å². The Kier molecular flexibility index (Phi) is 4.47. The largest absolute Gasteiger partial charge is 0.495 e. The van der Waals surface area contributed by atoms with Crippen LogP contribution in [0.1, 0.15) is 5.56 Å². The van der Waals surface area contributed by atoms with Gasteiger partial charge in [0.2, 0.25) is 5.91 Å². The van der Waals surface area contributed by atoms with E-state index in [1.807, 2.05) is 30.3 Å². The van der Waals surface area contributed by atoms with Crippen LogP contribution in [0.4, 0.5) is 5.69 Å². The minimum atomic E-state index is -0.232. The average molecular weight is 311 g/mol. The fraction of sp³-hybridized carbons (Fsp3) is 0.167. The maximum atomic E-state index is 12.0. The van der Waals surface area contributed by atoms with Gasteiger partial charge < -0.3 is 19.5 Å². The molecule has 5 nitrogen and oxygen atoms in total. The second kappa shape index (κ2) is 6.87. The molecule has 0 aromatic heterocycles. The molecule has 1 aliphatic heterocycles. The minimum absolute atomic E-state index is 0.232. The van der Waals surface area contributed by atoms with Crippen molar-refractivity contribution in [1.29, 1.82) is 0 Å². The van der Waals surface area contributed by atoms with Gasteiger partial charge in [-0.1, -0.05) is 18.2 Å². The third-order valence-electron chi connectivity index (χ3n) is 3.36. The number of benzene rings is 2. The van der Waals surface area contributed by atoms with Crippen LogP contribution in [0.2, 0.25) is 0 Å². The molecule has 0 bridgehead atoms. The Labute approximate surface area is 134 Å². The molecule has 3 rings (SSSR count). The summed E-state index contributed by atoms with van der Waals surface area (Å²) in [6, 6.07) is 12.8. The number of nitrogens with one attached hydrogen (secondary N) is 1. The number of carbonyl (C=O) groups is 1. The second-order valence-corrected chi connectivity index (χ2v) is 4.93. The molecule has 1 aliphatic rings. The SMILES string of the molecule is COc1ccccc1NC(=O)/C=C/c1ccc2c(c1)OCCO2. The van der Waals surface area contributed by atoms with Crippen molar-refractivity contribution >= 4 is 17.7 Å². The number of rotatable bonds is 4. The first-order valence-corrected chi connectivity index (χ1v) is 7.28. The molecule has 118 valence electrons. The fourth-order valence-electron chi connectivity index (χ4n) is 2.26. The van der Waals surface area contributed by atoms with E-state index >= 15 is 0 Å². The van der Waals surface area contributed by atoms with E-state index in [4.69, 9.17) is 14.2 Å². The highest BCUT2D eigenvalue weighted by atomic mass is 16.6. The lowest BCUT2D eigenvalue weighted by atomic mass is 10.2. The number of anilines is 1. The summed E-state index contributed by atoms with van der Waals surface area (Å²) in [5, 5.41) is 2.79. The molecular weight excluding hydrogens is 294 g/mol. The number of amides is 1. The van der Waals surface area contributed by atoms with E-state index in [0.29, 0.717) is 30.4 Å². The van der Waals surface area contributed by atoms with Crippen LogP contribution in [0.5, 0.6) is 17.2 Å². The van der Waals surface area contributed by atoms with Gasteiger partial charge in [0.05, 0.1) is 12.8 Å². The molecule has 23 heavy (non-hydrogen) atoms. The van der Waals surface area contributed by atoms with Crippen molar-refractivity contribution in [1.82, 2.24) is 0 Å². The van der Waals surface area contributed by atoms with Gasteiger partial charge in [0.1, 0.15) is 19.0 Å². The van der Waals surface area contributed by atoms with Crippen LogP contribution in [0.15, 0.2) is 48.5 Å². The molecule has 0 fully saturated rings. The molecule has 5 heteroatoms. The lowest BCUT2D eigenvalue weighted by Crippen LogP contribution is -2.15. The van der Waals surface area contributed by atoms with E-state index in [2.05, 4.69) is 5.32 Å². The third kappa shape index (κ3) is 3.63. The van der Waals surface area contributed by atoms with Crippen molar-refractivity contribution in [2.75, 3.05) is 25.6 Å². The van der Waals surface area contributed by atoms with Crippen molar-refractivity contribution in [2.24, 2.45) is 0 Å². The van der Waals surface area contributed by atoms with Gasteiger partial charge in [-0.2, -0.15) is 0 Å². The van der Waals surface area contributed by atoms with Gasteiger partial charge in [-0.05, 0) is 35.9 Å². The predicted octanol–water partition coefficient (Wildman–Crippen LogP) is 3.12. The number of methoxy groups -OCH3 is 1. The van der Waals surface area contributed by atoms with Crippen LogP contribution in [0.25, 0.3) is 6.08 Å². The topological polar surface area (TPSA) is 56.8 Å². The quantitative estimate of drug-likeness (QED) is 0.882. The maximum absolute atomic E-state index is 12.0. The highest BCUT2D eigenvalue weighted by Crippen LogP contribution is 2.31. The number of hydrogen-bond acceptors (Lipinski definition) is 4. The molecule has 0 radical (unpaired) electrons. The third-order valence-corrected chi connectivity index (χ3v) is 3.36. The summed E-state index contributed by atoms with van der Waals surface area (Å²) >= 11 is 0. The Bertz CT molecular complexity index is 740. The second-order valence-electron chi connectivity index (χ2n) is 4.93. The van der Waals surface area contributed by atoms with E-state index in [1.54, 1.807) is 25.3 Å². The molecule has 2 aromatic rings. The lowest BCUT2D eigenvalue weighted by molar-refractivity contribution is -0.111. The van der Waals surface area contributed by atoms with E-state index in [0.717, 1.165) is 11.3 Å². The molecule has 0 saturated heterocycles. The van der Waals surface area contributed by atoms with Gasteiger partial charge in [-0.15, -0.1) is 0 Å². The molecule has 1 heterocycles. The van der Waals surface area contributed by atoms with Crippen LogP contribution in [0, 0.1) is 0 Å². The smallest absolute Gasteiger partial charge is 0.248 e. The van der Waals surface area contributed by atoms with E-state index < -0.39 is 0 Å². The predicted molar refractivity (Wildman–Crippen MR) is 88.1 cm³/mol. The first-order chi connectivity index (χ1) is 11.3. The monoisotopic (exact) mass is 311 g/mol. The number of hydrogen-bond donors (Lipinski definition) is 1. The first-order valence-electron chi connectivity index (χ1n) is 7.28. The van der Waals surface area contributed by atoms with Gasteiger partial charge in [0.25, 0.3) is 0 Å². The number of fused-ring (bicyclic) bond motifs is 1. The zero-order valence-corrected chi connectivity index (χ0v) is 12.7. The van der Waals surface area contributed by atoms with Crippen molar-refractivity contribution < 1.29 is 19.0 Å². The Balaban J connectivity index is 1.69. The van der Waals surface area contributed by atoms with Gasteiger partial charge in [-0.3, -0.25) is 4.79 Å². The van der Waals surface area contributed by atoms with Gasteiger partial charge >= 0.3 is 0 Å². The number of carbonyl (C=O) groups excluding carboxylic acids is 1. The van der Waals surface area contributed by atoms with Crippen LogP contribution in [0.3, 0.4) is 0 Å². The molecular formula is C18H17NO4. The summed E-state index contributed by atoms with van der Waals surface area (Å²) < 4.78 is 16.2. The number of para-hydroxylation sites is 2. The Morgan fingerprint density at radius 1 is 1.13 bits per heavy atom. The molecule has 1 amide bonds. The zero-order valence-electron chi connectivity index (χ0n) is 12.7. The Morgan fingerprint density at radius 2 is 1.91 bits per heavy atom. The summed E-state index contributed by atoms with van der Waals surface area (Å²) in [7, 11) is 1.57. The standard InChI is InChI=1S/C18H17NO4/c1-21-15-5-3-2-4-14(15)19-18(20)9-7-13-6-8-16-17(12-13)23-11-10-22-16/h2-9,12H,10-11H2,1H3,(H,19,20)/b9-7+. The van der Waals surface area contributed by atoms with E-state index in [1.165, 1.54) is 6.08 Å². The molecule has 0 unspecified atom stereocenters. The van der Waals surface area contributed by atoms with Crippen molar-refractivity contribution in [2.45, 2.75) is 0 Å². The van der Waals surface area contributed by atoms with E-state index in [-0.39, 0.29) is 5.91 Å². The van der Waals surface area contributed by atoms with Gasteiger partial charge in [0, 0.05) is 6.08 Å². The summed E-state index contributed by atoms with van der Waals surface area (Å²) in [5.74, 6) is 1.81. The first kappa shape index (κ1) is 15.0. The molecule has 0 saturated carbocycles. The highest BCUT2D eigenvalue weighted by molar-refractivity contribution is 6.02. The van der Waals surface area contributed by atoms with Crippen LogP contribution >= 0.6 is 0 Å². The normalized spacial score (nSPS) is 12.9.